The molecule has 2 rings (SSSR count). The van der Waals surface area contributed by atoms with Gasteiger partial charge < -0.3 is 15.3 Å². The van der Waals surface area contributed by atoms with Crippen LogP contribution >= 0.6 is 0 Å². The van der Waals surface area contributed by atoms with E-state index in [1.54, 1.807) is 6.07 Å². The normalized spacial score (nSPS) is 27.8. The molecule has 1 aliphatic carbocycles. The van der Waals surface area contributed by atoms with Crippen molar-refractivity contribution in [2.24, 2.45) is 5.92 Å². The third-order valence-corrected chi connectivity index (χ3v) is 5.25. The minimum absolute atomic E-state index is 0.206. The summed E-state index contributed by atoms with van der Waals surface area (Å²) in [6, 6.07) is 8.07. The van der Waals surface area contributed by atoms with Crippen molar-refractivity contribution in [2.45, 2.75) is 50.6 Å². The van der Waals surface area contributed by atoms with Crippen LogP contribution in [0.3, 0.4) is 0 Å². The third-order valence-electron chi connectivity index (χ3n) is 5.25. The summed E-state index contributed by atoms with van der Waals surface area (Å²) in [4.78, 5) is 2.42. The number of aromatic hydroxyl groups is 1. The molecule has 1 saturated carbocycles. The lowest BCUT2D eigenvalue weighted by atomic mass is 9.70. The van der Waals surface area contributed by atoms with E-state index in [1.165, 1.54) is 31.2 Å². The fourth-order valence-corrected chi connectivity index (χ4v) is 4.08. The SMILES string of the molecule is CNC(Cc1cccc(O)c1)C1(N(C)C)CCCC(C)C1. The van der Waals surface area contributed by atoms with Crippen LogP contribution in [0, 0.1) is 5.92 Å². The fraction of sp³-hybridized carbons (Fsp3) is 0.667. The summed E-state index contributed by atoms with van der Waals surface area (Å²) in [5, 5.41) is 13.3. The number of hydrogen-bond acceptors (Lipinski definition) is 3. The van der Waals surface area contributed by atoms with Crippen LogP contribution in [0.25, 0.3) is 0 Å². The maximum Gasteiger partial charge on any atom is 0.115 e. The topological polar surface area (TPSA) is 35.5 Å². The Hall–Kier alpha value is -1.06. The first-order chi connectivity index (χ1) is 9.98. The molecule has 3 atom stereocenters. The number of likely N-dealkylation sites (N-methyl/N-ethyl adjacent to an activating group) is 2. The van der Waals surface area contributed by atoms with Crippen LogP contribution in [-0.4, -0.2) is 42.7 Å². The number of phenolic OH excluding ortho intramolecular Hbond substituents is 1. The van der Waals surface area contributed by atoms with Crippen molar-refractivity contribution < 1.29 is 5.11 Å². The molecule has 0 bridgehead atoms. The molecule has 0 heterocycles. The Morgan fingerprint density at radius 1 is 1.43 bits per heavy atom. The van der Waals surface area contributed by atoms with E-state index >= 15 is 0 Å². The molecule has 1 aromatic rings. The van der Waals surface area contributed by atoms with Crippen molar-refractivity contribution in [1.29, 1.82) is 0 Å². The Balaban J connectivity index is 2.23. The molecule has 0 spiro atoms. The number of hydrogen-bond donors (Lipinski definition) is 2. The van der Waals surface area contributed by atoms with E-state index in [1.807, 2.05) is 12.1 Å². The van der Waals surface area contributed by atoms with Crippen LogP contribution in [0.4, 0.5) is 0 Å². The van der Waals surface area contributed by atoms with Gasteiger partial charge in [-0.25, -0.2) is 0 Å². The second kappa shape index (κ2) is 6.80. The van der Waals surface area contributed by atoms with Crippen molar-refractivity contribution in [1.82, 2.24) is 10.2 Å². The quantitative estimate of drug-likeness (QED) is 0.875. The van der Waals surface area contributed by atoms with Crippen LogP contribution in [-0.2, 0) is 6.42 Å². The Bertz CT molecular complexity index is 460. The van der Waals surface area contributed by atoms with Crippen LogP contribution in [0.2, 0.25) is 0 Å². The summed E-state index contributed by atoms with van der Waals surface area (Å²) in [5.41, 5.74) is 1.41. The molecule has 3 unspecified atom stereocenters. The summed E-state index contributed by atoms with van der Waals surface area (Å²) >= 11 is 0. The summed E-state index contributed by atoms with van der Waals surface area (Å²) < 4.78 is 0. The number of rotatable bonds is 5. The first-order valence-corrected chi connectivity index (χ1v) is 8.10. The number of benzene rings is 1. The Kier molecular flexibility index (Phi) is 5.28. The van der Waals surface area contributed by atoms with Gasteiger partial charge >= 0.3 is 0 Å². The number of nitrogens with zero attached hydrogens (tertiary/aromatic N) is 1. The lowest BCUT2D eigenvalue weighted by molar-refractivity contribution is 0.0399. The third kappa shape index (κ3) is 3.58. The highest BCUT2D eigenvalue weighted by Gasteiger charge is 2.42. The van der Waals surface area contributed by atoms with E-state index < -0.39 is 0 Å². The van der Waals surface area contributed by atoms with E-state index in [4.69, 9.17) is 0 Å². The minimum Gasteiger partial charge on any atom is -0.508 e. The molecule has 0 saturated heterocycles. The van der Waals surface area contributed by atoms with Gasteiger partial charge in [0, 0.05) is 11.6 Å². The minimum atomic E-state index is 0.206. The van der Waals surface area contributed by atoms with Crippen LogP contribution in [0.5, 0.6) is 5.75 Å². The van der Waals surface area contributed by atoms with Crippen LogP contribution in [0.15, 0.2) is 24.3 Å². The van der Waals surface area contributed by atoms with Crippen LogP contribution < -0.4 is 5.32 Å². The zero-order valence-corrected chi connectivity index (χ0v) is 13.9. The standard InChI is InChI=1S/C18H30N2O/c1-14-7-6-10-18(13-14,20(3)4)17(19-2)12-15-8-5-9-16(21)11-15/h5,8-9,11,14,17,19,21H,6-7,10,12-13H2,1-4H3. The van der Waals surface area contributed by atoms with Gasteiger partial charge in [0.2, 0.25) is 0 Å². The van der Waals surface area contributed by atoms with Crippen molar-refractivity contribution in [3.05, 3.63) is 29.8 Å². The first kappa shape index (κ1) is 16.3. The zero-order valence-electron chi connectivity index (χ0n) is 13.9. The first-order valence-electron chi connectivity index (χ1n) is 8.10. The molecule has 0 aliphatic heterocycles. The Morgan fingerprint density at radius 3 is 2.76 bits per heavy atom. The number of nitrogens with one attached hydrogen (secondary N) is 1. The molecule has 0 aromatic heterocycles. The van der Waals surface area contributed by atoms with Gasteiger partial charge in [-0.15, -0.1) is 0 Å². The molecule has 3 heteroatoms. The largest absolute Gasteiger partial charge is 0.508 e. The molecule has 0 amide bonds. The molecule has 118 valence electrons. The van der Waals surface area contributed by atoms with E-state index in [0.29, 0.717) is 11.8 Å². The molecular formula is C18H30N2O. The molecule has 3 nitrogen and oxygen atoms in total. The van der Waals surface area contributed by atoms with Gasteiger partial charge in [0.25, 0.3) is 0 Å². The van der Waals surface area contributed by atoms with E-state index in [0.717, 1.165) is 12.3 Å². The molecule has 0 radical (unpaired) electrons. The average molecular weight is 290 g/mol. The molecule has 2 N–H and O–H groups in total. The average Bonchev–Trinajstić information content (AvgIpc) is 2.44. The monoisotopic (exact) mass is 290 g/mol. The number of phenols is 1. The van der Waals surface area contributed by atoms with Crippen molar-refractivity contribution in [3.8, 4) is 5.75 Å². The zero-order chi connectivity index (χ0) is 15.5. The van der Waals surface area contributed by atoms with E-state index in [-0.39, 0.29) is 5.54 Å². The molecule has 1 aromatic carbocycles. The van der Waals surface area contributed by atoms with E-state index in [9.17, 15) is 5.11 Å². The predicted octanol–water partition coefficient (Wildman–Crippen LogP) is 3.03. The second-order valence-electron chi connectivity index (χ2n) is 6.91. The summed E-state index contributed by atoms with van der Waals surface area (Å²) in [6.45, 7) is 2.37. The van der Waals surface area contributed by atoms with Gasteiger partial charge in [-0.05, 0) is 64.0 Å². The Labute approximate surface area is 129 Å². The van der Waals surface area contributed by atoms with Gasteiger partial charge in [-0.3, -0.25) is 0 Å². The van der Waals surface area contributed by atoms with Gasteiger partial charge in [-0.1, -0.05) is 31.9 Å². The van der Waals surface area contributed by atoms with Gasteiger partial charge in [0.15, 0.2) is 0 Å². The van der Waals surface area contributed by atoms with E-state index in [2.05, 4.69) is 44.3 Å². The molecule has 1 aliphatic rings. The van der Waals surface area contributed by atoms with Gasteiger partial charge in [0.05, 0.1) is 0 Å². The lowest BCUT2D eigenvalue weighted by Gasteiger charge is -2.50. The predicted molar refractivity (Wildman–Crippen MR) is 88.7 cm³/mol. The molecule has 21 heavy (non-hydrogen) atoms. The van der Waals surface area contributed by atoms with Crippen molar-refractivity contribution in [2.75, 3.05) is 21.1 Å². The van der Waals surface area contributed by atoms with Crippen molar-refractivity contribution >= 4 is 0 Å². The second-order valence-corrected chi connectivity index (χ2v) is 6.91. The highest BCUT2D eigenvalue weighted by Crippen LogP contribution is 2.39. The van der Waals surface area contributed by atoms with Crippen molar-refractivity contribution in [3.63, 3.8) is 0 Å². The maximum absolute atomic E-state index is 9.69. The highest BCUT2D eigenvalue weighted by atomic mass is 16.3. The van der Waals surface area contributed by atoms with Gasteiger partial charge in [0.1, 0.15) is 5.75 Å². The molecule has 1 fully saturated rings. The fourth-order valence-electron chi connectivity index (χ4n) is 4.08. The maximum atomic E-state index is 9.69. The van der Waals surface area contributed by atoms with Gasteiger partial charge in [-0.2, -0.15) is 0 Å². The summed E-state index contributed by atoms with van der Waals surface area (Å²) in [5.74, 6) is 1.14. The lowest BCUT2D eigenvalue weighted by Crippen LogP contribution is -2.61. The summed E-state index contributed by atoms with van der Waals surface area (Å²) in [7, 11) is 6.49. The smallest absolute Gasteiger partial charge is 0.115 e. The van der Waals surface area contributed by atoms with Crippen LogP contribution in [0.1, 0.15) is 38.2 Å². The molecular weight excluding hydrogens is 260 g/mol. The highest BCUT2D eigenvalue weighted by molar-refractivity contribution is 5.28. The Morgan fingerprint density at radius 2 is 2.19 bits per heavy atom. The summed E-state index contributed by atoms with van der Waals surface area (Å²) in [6.07, 6.45) is 6.09.